The van der Waals surface area contributed by atoms with Gasteiger partial charge < -0.3 is 16.1 Å². The number of aromatic nitrogens is 4. The Labute approximate surface area is 224 Å². The average Bonchev–Trinajstić information content (AvgIpc) is 3.52. The molecule has 4 heterocycles. The van der Waals surface area contributed by atoms with Crippen LogP contribution in [0.15, 0.2) is 71.4 Å². The molecule has 3 N–H and O–H groups in total. The van der Waals surface area contributed by atoms with Gasteiger partial charge in [0.05, 0.1) is 6.04 Å². The molecule has 0 spiro atoms. The Hall–Kier alpha value is -5.11. The summed E-state index contributed by atoms with van der Waals surface area (Å²) in [4.78, 5) is 41.0. The Balaban J connectivity index is 1.37. The maximum atomic E-state index is 13.0. The van der Waals surface area contributed by atoms with Crippen LogP contribution in [0.1, 0.15) is 47.9 Å². The van der Waals surface area contributed by atoms with Gasteiger partial charge >= 0.3 is 0 Å². The second-order valence-electron chi connectivity index (χ2n) is 9.45. The summed E-state index contributed by atoms with van der Waals surface area (Å²) < 4.78 is 1.89. The minimum atomic E-state index is -0.276. The zero-order valence-corrected chi connectivity index (χ0v) is 21.0. The number of amides is 2. The molecule has 1 aliphatic heterocycles. The number of carbonyl (C=O) groups excluding carboxylic acids is 2. The molecule has 194 valence electrons. The smallest absolute Gasteiger partial charge is 0.299 e. The third kappa shape index (κ3) is 4.92. The molecule has 3 aromatic heterocycles. The van der Waals surface area contributed by atoms with Crippen molar-refractivity contribution in [2.45, 2.75) is 31.7 Å². The molecular weight excluding hydrogens is 494 g/mol. The van der Waals surface area contributed by atoms with Crippen LogP contribution in [0.4, 0.5) is 11.6 Å². The van der Waals surface area contributed by atoms with Gasteiger partial charge in [-0.1, -0.05) is 29.3 Å². The van der Waals surface area contributed by atoms with Gasteiger partial charge in [-0.05, 0) is 55.9 Å². The van der Waals surface area contributed by atoms with E-state index in [0.29, 0.717) is 46.7 Å². The molecule has 6 rings (SSSR count). The highest BCUT2D eigenvalue weighted by Crippen LogP contribution is 2.37. The predicted molar refractivity (Wildman–Crippen MR) is 144 cm³/mol. The summed E-state index contributed by atoms with van der Waals surface area (Å²) in [6, 6.07) is 12.1. The first-order valence-electron chi connectivity index (χ1n) is 12.7. The molecule has 1 aliphatic carbocycles. The van der Waals surface area contributed by atoms with Gasteiger partial charge in [0.1, 0.15) is 22.9 Å². The summed E-state index contributed by atoms with van der Waals surface area (Å²) in [5.74, 6) is 12.6. The van der Waals surface area contributed by atoms with Gasteiger partial charge in [0.15, 0.2) is 0 Å². The lowest BCUT2D eigenvalue weighted by atomic mass is 10.1. The second-order valence-corrected chi connectivity index (χ2v) is 9.45. The summed E-state index contributed by atoms with van der Waals surface area (Å²) in [5.41, 5.74) is 2.42. The van der Waals surface area contributed by atoms with E-state index in [1.165, 1.54) is 0 Å². The van der Waals surface area contributed by atoms with Crippen molar-refractivity contribution < 1.29 is 9.59 Å². The lowest BCUT2D eigenvalue weighted by Crippen LogP contribution is -2.30. The Morgan fingerprint density at radius 1 is 1.05 bits per heavy atom. The van der Waals surface area contributed by atoms with Gasteiger partial charge in [-0.25, -0.2) is 15.0 Å². The van der Waals surface area contributed by atoms with E-state index >= 15 is 0 Å². The fourth-order valence-corrected chi connectivity index (χ4v) is 4.76. The molecule has 0 radical (unpaired) electrons. The van der Waals surface area contributed by atoms with Crippen molar-refractivity contribution >= 4 is 29.0 Å². The monoisotopic (exact) mass is 519 g/mol. The minimum absolute atomic E-state index is 0.179. The number of likely N-dealkylation sites (tertiary alicyclic amines) is 1. The number of fused-ring (bicyclic) bond motifs is 1. The third-order valence-corrected chi connectivity index (χ3v) is 6.81. The molecule has 0 bridgehead atoms. The number of nitrogens with one attached hydrogen (secondary N) is 1. The van der Waals surface area contributed by atoms with Gasteiger partial charge in [-0.2, -0.15) is 0 Å². The van der Waals surface area contributed by atoms with Crippen molar-refractivity contribution in [3.05, 3.63) is 72.4 Å². The van der Waals surface area contributed by atoms with E-state index in [2.05, 4.69) is 37.5 Å². The number of pyridine rings is 1. The van der Waals surface area contributed by atoms with E-state index in [9.17, 15) is 9.59 Å². The van der Waals surface area contributed by atoms with E-state index < -0.39 is 0 Å². The molecule has 11 nitrogen and oxygen atoms in total. The normalized spacial score (nSPS) is 16.8. The Bertz CT molecular complexity index is 1630. The lowest BCUT2D eigenvalue weighted by molar-refractivity contribution is -0.126. The predicted octanol–water partition coefficient (Wildman–Crippen LogP) is 4.08. The molecule has 2 aliphatic rings. The Morgan fingerprint density at radius 2 is 1.90 bits per heavy atom. The standard InChI is InChI=1S/C28H25N9O2/c29-35-34-26-25-24(19-9-11-20(12-10-19)28(39)32-22-5-1-2-14-30-22)33-27(37(25)17-15-31-26)21-4-3-16-36(21)23(38)13-8-18-6-7-18/h1-2,5,9-12,14-15,17-18,21H,3-4,6-7,16H2,(H2,29,31,34)(H,30,32,39)/t21-/m0/s1. The SMILES string of the molecule is NN=Nc1nccn2c([C@@H]3CCCN3C(=O)C#CC3CC3)nc(-c3ccc(C(=O)Nc4ccccn4)cc3)c12. The van der Waals surface area contributed by atoms with Crippen LogP contribution < -0.4 is 11.2 Å². The van der Waals surface area contributed by atoms with E-state index in [1.54, 1.807) is 53.8 Å². The van der Waals surface area contributed by atoms with Crippen LogP contribution in [0.25, 0.3) is 16.8 Å². The van der Waals surface area contributed by atoms with Crippen LogP contribution in [-0.2, 0) is 4.79 Å². The van der Waals surface area contributed by atoms with Crippen molar-refractivity contribution in [2.24, 2.45) is 22.1 Å². The fraction of sp³-hybridized carbons (Fsp3) is 0.250. The molecular formula is C28H25N9O2. The van der Waals surface area contributed by atoms with Gasteiger partial charge in [-0.15, -0.1) is 5.11 Å². The van der Waals surface area contributed by atoms with Crippen molar-refractivity contribution in [3.63, 3.8) is 0 Å². The summed E-state index contributed by atoms with van der Waals surface area (Å²) in [7, 11) is 0. The number of imidazole rings is 1. The molecule has 1 aromatic carbocycles. The van der Waals surface area contributed by atoms with Gasteiger partial charge in [0.25, 0.3) is 11.8 Å². The Kier molecular flexibility index (Phi) is 6.42. The molecule has 1 saturated carbocycles. The molecule has 4 aromatic rings. The number of nitrogens with zero attached hydrogens (tertiary/aromatic N) is 7. The van der Waals surface area contributed by atoms with Crippen molar-refractivity contribution in [3.8, 4) is 23.1 Å². The first kappa shape index (κ1) is 24.2. The second kappa shape index (κ2) is 10.3. The molecule has 11 heteroatoms. The third-order valence-electron chi connectivity index (χ3n) is 6.81. The van der Waals surface area contributed by atoms with Crippen LogP contribution in [0, 0.1) is 17.8 Å². The number of hydrogen-bond acceptors (Lipinski definition) is 7. The van der Waals surface area contributed by atoms with Crippen LogP contribution >= 0.6 is 0 Å². The lowest BCUT2D eigenvalue weighted by Gasteiger charge is -2.21. The first-order valence-corrected chi connectivity index (χ1v) is 12.7. The zero-order chi connectivity index (χ0) is 26.8. The minimum Gasteiger partial charge on any atom is -0.322 e. The molecule has 1 saturated heterocycles. The topological polar surface area (TPSA) is 143 Å². The number of nitrogens with two attached hydrogens (primary N) is 1. The average molecular weight is 520 g/mol. The van der Waals surface area contributed by atoms with Crippen LogP contribution in [0.2, 0.25) is 0 Å². The number of anilines is 1. The number of benzene rings is 1. The van der Waals surface area contributed by atoms with Crippen molar-refractivity contribution in [1.82, 2.24) is 24.3 Å². The molecule has 0 unspecified atom stereocenters. The van der Waals surface area contributed by atoms with Gasteiger partial charge in [-0.3, -0.25) is 14.0 Å². The maximum absolute atomic E-state index is 13.0. The molecule has 2 amide bonds. The van der Waals surface area contributed by atoms with Gasteiger partial charge in [0, 0.05) is 42.2 Å². The summed E-state index contributed by atoms with van der Waals surface area (Å²) in [5, 5.41) is 10.2. The van der Waals surface area contributed by atoms with Crippen LogP contribution in [0.3, 0.4) is 0 Å². The highest BCUT2D eigenvalue weighted by Gasteiger charge is 2.34. The van der Waals surface area contributed by atoms with Gasteiger partial charge in [0.2, 0.25) is 5.82 Å². The van der Waals surface area contributed by atoms with E-state index in [0.717, 1.165) is 31.2 Å². The number of carbonyl (C=O) groups is 2. The van der Waals surface area contributed by atoms with Crippen molar-refractivity contribution in [1.29, 1.82) is 0 Å². The van der Waals surface area contributed by atoms with E-state index in [-0.39, 0.29) is 17.9 Å². The summed E-state index contributed by atoms with van der Waals surface area (Å²) in [6.45, 7) is 0.619. The fourth-order valence-electron chi connectivity index (χ4n) is 4.76. The van der Waals surface area contributed by atoms with Crippen LogP contribution in [0.5, 0.6) is 0 Å². The Morgan fingerprint density at radius 3 is 2.64 bits per heavy atom. The van der Waals surface area contributed by atoms with Crippen molar-refractivity contribution in [2.75, 3.05) is 11.9 Å². The maximum Gasteiger partial charge on any atom is 0.299 e. The van der Waals surface area contributed by atoms with Crippen LogP contribution in [-0.4, -0.2) is 42.6 Å². The number of rotatable bonds is 5. The highest BCUT2D eigenvalue weighted by molar-refractivity contribution is 6.04. The van der Waals surface area contributed by atoms with E-state index in [1.807, 2.05) is 16.5 Å². The number of hydrogen-bond donors (Lipinski definition) is 2. The molecule has 39 heavy (non-hydrogen) atoms. The summed E-state index contributed by atoms with van der Waals surface area (Å²) >= 11 is 0. The first-order chi connectivity index (χ1) is 19.1. The quantitative estimate of drug-likeness (QED) is 0.176. The largest absolute Gasteiger partial charge is 0.322 e. The molecule has 2 fully saturated rings. The zero-order valence-electron chi connectivity index (χ0n) is 21.0. The van der Waals surface area contributed by atoms with E-state index in [4.69, 9.17) is 10.8 Å². The molecule has 1 atom stereocenters. The summed E-state index contributed by atoms with van der Waals surface area (Å²) in [6.07, 6.45) is 8.75. The highest BCUT2D eigenvalue weighted by atomic mass is 16.2.